The summed E-state index contributed by atoms with van der Waals surface area (Å²) in [6.07, 6.45) is 1.13. The van der Waals surface area contributed by atoms with Crippen molar-refractivity contribution in [1.82, 2.24) is 9.47 Å². The van der Waals surface area contributed by atoms with Crippen LogP contribution in [0.25, 0.3) is 11.1 Å². The van der Waals surface area contributed by atoms with Crippen LogP contribution in [0.3, 0.4) is 0 Å². The molecule has 2 atom stereocenters. The molecule has 0 radical (unpaired) electrons. The number of rotatable bonds is 4. The zero-order valence-corrected chi connectivity index (χ0v) is 16.8. The van der Waals surface area contributed by atoms with Gasteiger partial charge < -0.3 is 10.3 Å². The predicted molar refractivity (Wildman–Crippen MR) is 117 cm³/mol. The molecule has 3 heterocycles. The monoisotopic (exact) mass is 399 g/mol. The van der Waals surface area contributed by atoms with Gasteiger partial charge in [0, 0.05) is 49.4 Å². The van der Waals surface area contributed by atoms with Crippen molar-refractivity contribution in [3.05, 3.63) is 93.9 Å². The van der Waals surface area contributed by atoms with E-state index in [4.69, 9.17) is 5.73 Å². The molecule has 2 aliphatic rings. The maximum absolute atomic E-state index is 12.9. The summed E-state index contributed by atoms with van der Waals surface area (Å²) in [7, 11) is 0. The molecule has 0 saturated carbocycles. The third-order valence-corrected chi connectivity index (χ3v) is 6.38. The van der Waals surface area contributed by atoms with E-state index in [0.717, 1.165) is 49.4 Å². The van der Waals surface area contributed by atoms with Gasteiger partial charge in [0.05, 0.1) is 0 Å². The van der Waals surface area contributed by atoms with E-state index >= 15 is 0 Å². The van der Waals surface area contributed by atoms with Crippen LogP contribution in [0.2, 0.25) is 0 Å². The van der Waals surface area contributed by atoms with Crippen LogP contribution in [0.15, 0.2) is 71.5 Å². The van der Waals surface area contributed by atoms with Crippen LogP contribution in [-0.4, -0.2) is 28.5 Å². The van der Waals surface area contributed by atoms with Crippen LogP contribution in [-0.2, 0) is 13.1 Å². The molecule has 2 bridgehead atoms. The molecule has 1 amide bonds. The number of amides is 1. The van der Waals surface area contributed by atoms with Crippen molar-refractivity contribution in [2.45, 2.75) is 25.4 Å². The van der Waals surface area contributed by atoms with Crippen LogP contribution < -0.4 is 11.3 Å². The first-order chi connectivity index (χ1) is 14.6. The number of carbonyl (C=O) groups excluding carboxylic acids is 1. The average molecular weight is 399 g/mol. The fourth-order valence-corrected chi connectivity index (χ4v) is 5.02. The Balaban J connectivity index is 1.40. The van der Waals surface area contributed by atoms with Crippen molar-refractivity contribution >= 4 is 5.91 Å². The molecule has 0 aliphatic carbocycles. The highest BCUT2D eigenvalue weighted by molar-refractivity contribution is 5.92. The molecule has 1 saturated heterocycles. The van der Waals surface area contributed by atoms with E-state index in [1.54, 1.807) is 18.2 Å². The lowest BCUT2D eigenvalue weighted by molar-refractivity contribution is 0.1000. The van der Waals surface area contributed by atoms with E-state index in [1.165, 1.54) is 5.56 Å². The second-order valence-corrected chi connectivity index (χ2v) is 8.54. The molecule has 1 fully saturated rings. The zero-order chi connectivity index (χ0) is 20.7. The number of pyridine rings is 1. The summed E-state index contributed by atoms with van der Waals surface area (Å²) >= 11 is 0. The second-order valence-electron chi connectivity index (χ2n) is 8.54. The minimum absolute atomic E-state index is 0.108. The van der Waals surface area contributed by atoms with E-state index in [1.807, 2.05) is 34.9 Å². The van der Waals surface area contributed by atoms with Gasteiger partial charge in [-0.2, -0.15) is 0 Å². The highest BCUT2D eigenvalue weighted by atomic mass is 16.1. The lowest BCUT2D eigenvalue weighted by atomic mass is 9.82. The molecule has 5 heteroatoms. The molecular weight excluding hydrogens is 374 g/mol. The highest BCUT2D eigenvalue weighted by Gasteiger charge is 2.34. The number of aromatic nitrogens is 1. The number of nitrogens with zero attached hydrogens (tertiary/aromatic N) is 2. The molecule has 5 nitrogen and oxygen atoms in total. The van der Waals surface area contributed by atoms with Crippen LogP contribution in [0.4, 0.5) is 0 Å². The first kappa shape index (κ1) is 18.8. The summed E-state index contributed by atoms with van der Waals surface area (Å²) in [6, 6.07) is 21.7. The Hall–Kier alpha value is -3.18. The van der Waals surface area contributed by atoms with Crippen molar-refractivity contribution in [2.75, 3.05) is 13.1 Å². The predicted octanol–water partition coefficient (Wildman–Crippen LogP) is 3.23. The minimum atomic E-state index is -0.398. The number of hydrogen-bond donors (Lipinski definition) is 1. The van der Waals surface area contributed by atoms with Crippen LogP contribution in [0.5, 0.6) is 0 Å². The van der Waals surface area contributed by atoms with Crippen molar-refractivity contribution < 1.29 is 4.79 Å². The van der Waals surface area contributed by atoms with Gasteiger partial charge in [0.15, 0.2) is 0 Å². The molecule has 5 rings (SSSR count). The standard InChI is InChI=1S/C25H25N3O2/c26-25(30)20-8-6-17(7-9-20)13-27-14-18-10-22(16-27)23-11-21(12-24(29)28(23)15-18)19-4-2-1-3-5-19/h1-9,11-12,18,22H,10,13-16H2,(H2,26,30)/t18-,22+/m0/s1. The third kappa shape index (κ3) is 3.57. The lowest BCUT2D eigenvalue weighted by Gasteiger charge is -2.43. The quantitative estimate of drug-likeness (QED) is 0.732. The number of carbonyl (C=O) groups is 1. The number of likely N-dealkylation sites (tertiary alicyclic amines) is 1. The van der Waals surface area contributed by atoms with Gasteiger partial charge in [0.2, 0.25) is 5.91 Å². The van der Waals surface area contributed by atoms with Gasteiger partial charge in [-0.05, 0) is 47.2 Å². The number of piperidine rings is 1. The Kier molecular flexibility index (Phi) is 4.75. The number of nitrogens with two attached hydrogens (primary N) is 1. The molecule has 0 spiro atoms. The first-order valence-corrected chi connectivity index (χ1v) is 10.5. The third-order valence-electron chi connectivity index (χ3n) is 6.38. The van der Waals surface area contributed by atoms with E-state index in [0.29, 0.717) is 17.4 Å². The Bertz CT molecular complexity index is 1140. The molecule has 2 N–H and O–H groups in total. The largest absolute Gasteiger partial charge is 0.366 e. The minimum Gasteiger partial charge on any atom is -0.366 e. The molecular formula is C25H25N3O2. The Morgan fingerprint density at radius 1 is 0.933 bits per heavy atom. The Morgan fingerprint density at radius 3 is 2.43 bits per heavy atom. The lowest BCUT2D eigenvalue weighted by Crippen LogP contribution is -2.46. The fourth-order valence-electron chi connectivity index (χ4n) is 5.02. The number of hydrogen-bond acceptors (Lipinski definition) is 3. The summed E-state index contributed by atoms with van der Waals surface area (Å²) in [5, 5.41) is 0. The normalized spacial score (nSPS) is 20.5. The van der Waals surface area contributed by atoms with Gasteiger partial charge in [0.1, 0.15) is 0 Å². The van der Waals surface area contributed by atoms with E-state index in [9.17, 15) is 9.59 Å². The maximum Gasteiger partial charge on any atom is 0.251 e. The summed E-state index contributed by atoms with van der Waals surface area (Å²) in [4.78, 5) is 26.6. The van der Waals surface area contributed by atoms with Gasteiger partial charge in [-0.1, -0.05) is 42.5 Å². The van der Waals surface area contributed by atoms with E-state index < -0.39 is 5.91 Å². The molecule has 2 aromatic carbocycles. The highest BCUT2D eigenvalue weighted by Crippen LogP contribution is 2.37. The van der Waals surface area contributed by atoms with Crippen LogP contribution in [0.1, 0.15) is 34.0 Å². The van der Waals surface area contributed by atoms with Crippen molar-refractivity contribution in [3.8, 4) is 11.1 Å². The number of fused-ring (bicyclic) bond motifs is 4. The molecule has 0 unspecified atom stereocenters. The zero-order valence-electron chi connectivity index (χ0n) is 16.8. The summed E-state index contributed by atoms with van der Waals surface area (Å²) in [5.74, 6) is 0.450. The second kappa shape index (κ2) is 7.58. The average Bonchev–Trinajstić information content (AvgIpc) is 2.75. The maximum atomic E-state index is 12.9. The van der Waals surface area contributed by atoms with Crippen LogP contribution in [0, 0.1) is 5.92 Å². The summed E-state index contributed by atoms with van der Waals surface area (Å²) in [6.45, 7) is 3.55. The van der Waals surface area contributed by atoms with E-state index in [-0.39, 0.29) is 5.56 Å². The van der Waals surface area contributed by atoms with Crippen molar-refractivity contribution in [3.63, 3.8) is 0 Å². The van der Waals surface area contributed by atoms with Gasteiger partial charge >= 0.3 is 0 Å². The van der Waals surface area contributed by atoms with Crippen molar-refractivity contribution in [1.29, 1.82) is 0 Å². The Morgan fingerprint density at radius 2 is 1.70 bits per heavy atom. The van der Waals surface area contributed by atoms with Crippen LogP contribution >= 0.6 is 0 Å². The van der Waals surface area contributed by atoms with E-state index in [2.05, 4.69) is 23.1 Å². The molecule has 2 aliphatic heterocycles. The topological polar surface area (TPSA) is 68.3 Å². The van der Waals surface area contributed by atoms with Gasteiger partial charge in [-0.15, -0.1) is 0 Å². The number of benzene rings is 2. The van der Waals surface area contributed by atoms with Crippen molar-refractivity contribution in [2.24, 2.45) is 11.7 Å². The molecule has 1 aromatic heterocycles. The number of primary amides is 1. The SMILES string of the molecule is NC(=O)c1ccc(CN2C[C@@H]3C[C@H](C2)c2cc(-c4ccccc4)cc(=O)n2C3)cc1. The smallest absolute Gasteiger partial charge is 0.251 e. The van der Waals surface area contributed by atoms with Gasteiger partial charge in [-0.25, -0.2) is 0 Å². The van der Waals surface area contributed by atoms with Gasteiger partial charge in [0.25, 0.3) is 5.56 Å². The summed E-state index contributed by atoms with van der Waals surface area (Å²) < 4.78 is 1.99. The molecule has 30 heavy (non-hydrogen) atoms. The Labute approximate surface area is 175 Å². The summed E-state index contributed by atoms with van der Waals surface area (Å²) in [5.41, 5.74) is 10.4. The first-order valence-electron chi connectivity index (χ1n) is 10.5. The molecule has 3 aromatic rings. The fraction of sp³-hybridized carbons (Fsp3) is 0.280. The molecule has 152 valence electrons. The van der Waals surface area contributed by atoms with Gasteiger partial charge in [-0.3, -0.25) is 14.5 Å².